The number of hydrogen-bond donors (Lipinski definition) is 0. The highest BCUT2D eigenvalue weighted by Crippen LogP contribution is 2.27. The van der Waals surface area contributed by atoms with Gasteiger partial charge in [0.15, 0.2) is 0 Å². The highest BCUT2D eigenvalue weighted by Gasteiger charge is 2.29. The monoisotopic (exact) mass is 421 g/mol. The number of benzene rings is 1. The van der Waals surface area contributed by atoms with Crippen molar-refractivity contribution in [3.05, 3.63) is 64.3 Å². The van der Waals surface area contributed by atoms with Crippen LogP contribution < -0.4 is 4.74 Å². The van der Waals surface area contributed by atoms with E-state index in [0.717, 1.165) is 5.56 Å². The number of esters is 1. The Kier molecular flexibility index (Phi) is 8.34. The van der Waals surface area contributed by atoms with E-state index < -0.39 is 0 Å². The molecule has 0 amide bonds. The third-order valence-corrected chi connectivity index (χ3v) is 4.58. The summed E-state index contributed by atoms with van der Waals surface area (Å²) in [7, 11) is 0. The smallest absolute Gasteiger partial charge is 0.310 e. The summed E-state index contributed by atoms with van der Waals surface area (Å²) in [6.07, 6.45) is 1.66. The zero-order chi connectivity index (χ0) is 20.7. The Balaban J connectivity index is 2.02. The first-order valence-electron chi connectivity index (χ1n) is 9.16. The molecule has 2 unspecified atom stereocenters. The molecule has 0 aliphatic heterocycles. The lowest BCUT2D eigenvalue weighted by molar-refractivity contribution is -0.153. The number of hydrogen-bond acceptors (Lipinski definition) is 4. The van der Waals surface area contributed by atoms with Crippen molar-refractivity contribution in [3.8, 4) is 11.6 Å². The van der Waals surface area contributed by atoms with Gasteiger partial charge in [-0.15, -0.1) is 0 Å². The molecule has 2 aromatic rings. The molecule has 2 atom stereocenters. The maximum atomic E-state index is 12.6. The number of rotatable bonds is 8. The van der Waals surface area contributed by atoms with Crippen LogP contribution in [0, 0.1) is 24.7 Å². The van der Waals surface area contributed by atoms with Crippen molar-refractivity contribution >= 4 is 29.2 Å². The van der Waals surface area contributed by atoms with E-state index in [-0.39, 0.29) is 34.8 Å². The molecule has 0 aliphatic carbocycles. The molecule has 150 valence electrons. The fourth-order valence-corrected chi connectivity index (χ4v) is 3.36. The first-order valence-corrected chi connectivity index (χ1v) is 9.91. The molecule has 0 aliphatic rings. The highest BCUT2D eigenvalue weighted by atomic mass is 35.5. The summed E-state index contributed by atoms with van der Waals surface area (Å²) >= 11 is 11.5. The minimum atomic E-state index is -0.348. The molecule has 28 heavy (non-hydrogen) atoms. The van der Waals surface area contributed by atoms with Crippen molar-refractivity contribution in [2.24, 2.45) is 17.8 Å². The van der Waals surface area contributed by atoms with Crippen molar-refractivity contribution < 1.29 is 14.3 Å². The van der Waals surface area contributed by atoms with Crippen molar-refractivity contribution in [1.82, 2.24) is 4.98 Å². The van der Waals surface area contributed by atoms with Gasteiger partial charge in [0.25, 0.3) is 0 Å². The predicted molar refractivity (Wildman–Crippen MR) is 113 cm³/mol. The van der Waals surface area contributed by atoms with Crippen molar-refractivity contribution in [1.29, 1.82) is 0 Å². The second-order valence-electron chi connectivity index (χ2n) is 7.08. The van der Waals surface area contributed by atoms with E-state index in [0.29, 0.717) is 17.3 Å². The average molecular weight is 422 g/mol. The Morgan fingerprint density at radius 1 is 1.11 bits per heavy atom. The van der Waals surface area contributed by atoms with Gasteiger partial charge in [-0.2, -0.15) is 0 Å². The van der Waals surface area contributed by atoms with Gasteiger partial charge in [-0.25, -0.2) is 4.98 Å². The SMILES string of the molecule is Cc1ccc(Oc2cccc(COC(=O)C(C(C)C)C(C)C=C(Cl)Cl)n2)cc1. The summed E-state index contributed by atoms with van der Waals surface area (Å²) in [5.74, 6) is 0.436. The quantitative estimate of drug-likeness (QED) is 0.459. The van der Waals surface area contributed by atoms with Crippen LogP contribution in [0.5, 0.6) is 11.6 Å². The first kappa shape index (κ1) is 22.3. The normalized spacial score (nSPS) is 13.0. The van der Waals surface area contributed by atoms with E-state index >= 15 is 0 Å². The molecular weight excluding hydrogens is 397 g/mol. The Hall–Kier alpha value is -2.04. The summed E-state index contributed by atoms with van der Waals surface area (Å²) < 4.78 is 11.4. The van der Waals surface area contributed by atoms with Gasteiger partial charge in [-0.3, -0.25) is 4.79 Å². The van der Waals surface area contributed by atoms with Crippen LogP contribution in [0.4, 0.5) is 0 Å². The minimum absolute atomic E-state index is 0.0677. The largest absolute Gasteiger partial charge is 0.459 e. The van der Waals surface area contributed by atoms with E-state index in [4.69, 9.17) is 32.7 Å². The number of carbonyl (C=O) groups excluding carboxylic acids is 1. The van der Waals surface area contributed by atoms with Gasteiger partial charge in [0.1, 0.15) is 16.8 Å². The zero-order valence-corrected chi connectivity index (χ0v) is 18.0. The number of allylic oxidation sites excluding steroid dienone is 1. The summed E-state index contributed by atoms with van der Waals surface area (Å²) in [4.78, 5) is 17.0. The van der Waals surface area contributed by atoms with E-state index in [1.54, 1.807) is 18.2 Å². The van der Waals surface area contributed by atoms with Crippen LogP contribution >= 0.6 is 23.2 Å². The summed E-state index contributed by atoms with van der Waals surface area (Å²) in [5.41, 5.74) is 1.76. The zero-order valence-electron chi connectivity index (χ0n) is 16.5. The van der Waals surface area contributed by atoms with E-state index in [1.165, 1.54) is 0 Å². The van der Waals surface area contributed by atoms with E-state index in [1.807, 2.05) is 58.0 Å². The van der Waals surface area contributed by atoms with Crippen LogP contribution in [-0.2, 0) is 16.1 Å². The summed E-state index contributed by atoms with van der Waals surface area (Å²) in [6.45, 7) is 7.90. The molecule has 0 spiro atoms. The third kappa shape index (κ3) is 6.84. The van der Waals surface area contributed by atoms with Gasteiger partial charge in [0, 0.05) is 6.07 Å². The van der Waals surface area contributed by atoms with Crippen LogP contribution in [-0.4, -0.2) is 11.0 Å². The van der Waals surface area contributed by atoms with E-state index in [2.05, 4.69) is 4.98 Å². The van der Waals surface area contributed by atoms with Crippen LogP contribution in [0.3, 0.4) is 0 Å². The standard InChI is InChI=1S/C22H25Cl2NO3/c1-14(2)21(16(4)12-19(23)24)22(26)27-13-17-6-5-7-20(25-17)28-18-10-8-15(3)9-11-18/h5-12,14,16,21H,13H2,1-4H3. The Bertz CT molecular complexity index is 815. The molecule has 1 heterocycles. The molecular formula is C22H25Cl2NO3. The number of halogens is 2. The highest BCUT2D eigenvalue weighted by molar-refractivity contribution is 6.55. The molecule has 0 bridgehead atoms. The average Bonchev–Trinajstić information content (AvgIpc) is 2.61. The second kappa shape index (κ2) is 10.5. The van der Waals surface area contributed by atoms with Gasteiger partial charge < -0.3 is 9.47 Å². The minimum Gasteiger partial charge on any atom is -0.459 e. The molecule has 0 saturated heterocycles. The van der Waals surface area contributed by atoms with Crippen molar-refractivity contribution in [2.75, 3.05) is 0 Å². The molecule has 0 saturated carbocycles. The summed E-state index contributed by atoms with van der Waals surface area (Å²) in [6, 6.07) is 13.1. The lowest BCUT2D eigenvalue weighted by Gasteiger charge is -2.23. The second-order valence-corrected chi connectivity index (χ2v) is 8.08. The Morgan fingerprint density at radius 2 is 1.79 bits per heavy atom. The number of nitrogens with zero attached hydrogens (tertiary/aromatic N) is 1. The number of pyridine rings is 1. The fraction of sp³-hybridized carbons (Fsp3) is 0.364. The molecule has 0 radical (unpaired) electrons. The number of carbonyl (C=O) groups is 1. The van der Waals surface area contributed by atoms with Gasteiger partial charge in [-0.1, -0.05) is 73.8 Å². The van der Waals surface area contributed by atoms with Crippen LogP contribution in [0.25, 0.3) is 0 Å². The predicted octanol–water partition coefficient (Wildman–Crippen LogP) is 6.45. The maximum absolute atomic E-state index is 12.6. The summed E-state index contributed by atoms with van der Waals surface area (Å²) in [5, 5.41) is 0. The lowest BCUT2D eigenvalue weighted by Crippen LogP contribution is -2.28. The van der Waals surface area contributed by atoms with Crippen LogP contribution in [0.15, 0.2) is 53.0 Å². The molecule has 4 nitrogen and oxygen atoms in total. The molecule has 1 aromatic carbocycles. The van der Waals surface area contributed by atoms with Gasteiger partial charge in [0.05, 0.1) is 11.6 Å². The topological polar surface area (TPSA) is 48.4 Å². The molecule has 6 heteroatoms. The van der Waals surface area contributed by atoms with Gasteiger partial charge in [0.2, 0.25) is 5.88 Å². The van der Waals surface area contributed by atoms with Crippen LogP contribution in [0.1, 0.15) is 32.0 Å². The molecule has 0 fully saturated rings. The number of aryl methyl sites for hydroxylation is 1. The van der Waals surface area contributed by atoms with E-state index in [9.17, 15) is 4.79 Å². The maximum Gasteiger partial charge on any atom is 0.310 e. The molecule has 1 aromatic heterocycles. The van der Waals surface area contributed by atoms with Gasteiger partial charge in [-0.05, 0) is 37.0 Å². The van der Waals surface area contributed by atoms with Gasteiger partial charge >= 0.3 is 5.97 Å². The van der Waals surface area contributed by atoms with Crippen molar-refractivity contribution in [3.63, 3.8) is 0 Å². The van der Waals surface area contributed by atoms with Crippen molar-refractivity contribution in [2.45, 2.75) is 34.3 Å². The molecule has 2 rings (SSSR count). The number of ether oxygens (including phenoxy) is 2. The number of aromatic nitrogens is 1. The fourth-order valence-electron chi connectivity index (χ4n) is 2.96. The first-order chi connectivity index (χ1) is 13.3. The Labute approximate surface area is 176 Å². The van der Waals surface area contributed by atoms with Crippen LogP contribution in [0.2, 0.25) is 0 Å². The Morgan fingerprint density at radius 3 is 2.39 bits per heavy atom. The molecule has 0 N–H and O–H groups in total. The lowest BCUT2D eigenvalue weighted by atomic mass is 9.84. The third-order valence-electron chi connectivity index (χ3n) is 4.33.